The van der Waals surface area contributed by atoms with Gasteiger partial charge in [-0.05, 0) is 43.2 Å². The summed E-state index contributed by atoms with van der Waals surface area (Å²) in [7, 11) is -3.56. The SMILES string of the molecule is C=Cc1ccc(NS(=O)(=O)c2ccc(C)cc2C)cc1. The lowest BCUT2D eigenvalue weighted by Gasteiger charge is -2.11. The zero-order chi connectivity index (χ0) is 14.8. The Balaban J connectivity index is 2.32. The molecular formula is C16H17NO2S. The van der Waals surface area contributed by atoms with Crippen LogP contribution in [0.15, 0.2) is 53.9 Å². The fraction of sp³-hybridized carbons (Fsp3) is 0.125. The minimum absolute atomic E-state index is 0.302. The first-order chi connectivity index (χ1) is 9.42. The van der Waals surface area contributed by atoms with Crippen molar-refractivity contribution in [1.29, 1.82) is 0 Å². The van der Waals surface area contributed by atoms with Crippen molar-refractivity contribution in [3.63, 3.8) is 0 Å². The highest BCUT2D eigenvalue weighted by atomic mass is 32.2. The van der Waals surface area contributed by atoms with Crippen LogP contribution in [0, 0.1) is 13.8 Å². The highest BCUT2D eigenvalue weighted by Gasteiger charge is 2.16. The molecule has 0 amide bonds. The third-order valence-corrected chi connectivity index (χ3v) is 4.56. The minimum atomic E-state index is -3.56. The molecule has 0 aliphatic rings. The second-order valence-corrected chi connectivity index (χ2v) is 6.35. The molecule has 0 aliphatic carbocycles. The van der Waals surface area contributed by atoms with Gasteiger partial charge < -0.3 is 0 Å². The van der Waals surface area contributed by atoms with E-state index in [1.54, 1.807) is 37.3 Å². The third kappa shape index (κ3) is 3.08. The fourth-order valence-corrected chi connectivity index (χ4v) is 3.28. The van der Waals surface area contributed by atoms with Gasteiger partial charge in [0, 0.05) is 5.69 Å². The predicted molar refractivity (Wildman–Crippen MR) is 83.3 cm³/mol. The molecule has 2 rings (SSSR count). The molecule has 20 heavy (non-hydrogen) atoms. The predicted octanol–water partition coefficient (Wildman–Crippen LogP) is 3.75. The molecule has 0 aliphatic heterocycles. The van der Waals surface area contributed by atoms with E-state index in [1.807, 2.05) is 25.1 Å². The van der Waals surface area contributed by atoms with E-state index in [-0.39, 0.29) is 0 Å². The molecule has 4 heteroatoms. The number of aryl methyl sites for hydroxylation is 2. The molecule has 0 unspecified atom stereocenters. The lowest BCUT2D eigenvalue weighted by Crippen LogP contribution is -2.14. The maximum atomic E-state index is 12.4. The minimum Gasteiger partial charge on any atom is -0.280 e. The number of rotatable bonds is 4. The highest BCUT2D eigenvalue weighted by molar-refractivity contribution is 7.92. The Bertz CT molecular complexity index is 732. The number of anilines is 1. The van der Waals surface area contributed by atoms with Crippen molar-refractivity contribution >= 4 is 21.8 Å². The monoisotopic (exact) mass is 287 g/mol. The van der Waals surface area contributed by atoms with Crippen LogP contribution < -0.4 is 4.72 Å². The van der Waals surface area contributed by atoms with Crippen molar-refractivity contribution in [2.24, 2.45) is 0 Å². The Morgan fingerprint density at radius 2 is 1.70 bits per heavy atom. The largest absolute Gasteiger partial charge is 0.280 e. The van der Waals surface area contributed by atoms with Crippen LogP contribution in [-0.4, -0.2) is 8.42 Å². The molecule has 0 radical (unpaired) electrons. The van der Waals surface area contributed by atoms with E-state index in [9.17, 15) is 8.42 Å². The highest BCUT2D eigenvalue weighted by Crippen LogP contribution is 2.20. The Labute approximate surface area is 120 Å². The van der Waals surface area contributed by atoms with Gasteiger partial charge in [0.1, 0.15) is 0 Å². The van der Waals surface area contributed by atoms with Gasteiger partial charge in [0.05, 0.1) is 4.90 Å². The van der Waals surface area contributed by atoms with Crippen LogP contribution in [0.5, 0.6) is 0 Å². The second-order valence-electron chi connectivity index (χ2n) is 4.70. The number of sulfonamides is 1. The molecular weight excluding hydrogens is 270 g/mol. The molecule has 3 nitrogen and oxygen atoms in total. The number of nitrogens with one attached hydrogen (secondary N) is 1. The summed E-state index contributed by atoms with van der Waals surface area (Å²) in [5.74, 6) is 0. The summed E-state index contributed by atoms with van der Waals surface area (Å²) in [5.41, 5.74) is 3.26. The quantitative estimate of drug-likeness (QED) is 0.931. The van der Waals surface area contributed by atoms with E-state index in [4.69, 9.17) is 0 Å². The fourth-order valence-electron chi connectivity index (χ4n) is 2.00. The van der Waals surface area contributed by atoms with Crippen molar-refractivity contribution in [3.8, 4) is 0 Å². The van der Waals surface area contributed by atoms with Gasteiger partial charge in [0.15, 0.2) is 0 Å². The standard InChI is InChI=1S/C16H17NO2S/c1-4-14-6-8-15(9-7-14)17-20(18,19)16-10-5-12(2)11-13(16)3/h4-11,17H,1H2,2-3H3. The maximum Gasteiger partial charge on any atom is 0.262 e. The first-order valence-electron chi connectivity index (χ1n) is 6.25. The van der Waals surface area contributed by atoms with Crippen molar-refractivity contribution < 1.29 is 8.42 Å². The summed E-state index contributed by atoms with van der Waals surface area (Å²) in [5, 5.41) is 0. The van der Waals surface area contributed by atoms with Crippen LogP contribution in [0.1, 0.15) is 16.7 Å². The van der Waals surface area contributed by atoms with Crippen molar-refractivity contribution in [2.45, 2.75) is 18.7 Å². The topological polar surface area (TPSA) is 46.2 Å². The van der Waals surface area contributed by atoms with E-state index in [2.05, 4.69) is 11.3 Å². The van der Waals surface area contributed by atoms with Crippen LogP contribution in [0.3, 0.4) is 0 Å². The van der Waals surface area contributed by atoms with Crippen LogP contribution in [-0.2, 0) is 10.0 Å². The molecule has 0 atom stereocenters. The molecule has 0 saturated heterocycles. The normalized spacial score (nSPS) is 11.1. The maximum absolute atomic E-state index is 12.4. The van der Waals surface area contributed by atoms with E-state index < -0.39 is 10.0 Å². The van der Waals surface area contributed by atoms with E-state index in [0.717, 1.165) is 16.7 Å². The second kappa shape index (κ2) is 5.51. The average molecular weight is 287 g/mol. The first kappa shape index (κ1) is 14.3. The summed E-state index contributed by atoms with van der Waals surface area (Å²) >= 11 is 0. The van der Waals surface area contributed by atoms with Gasteiger partial charge in [0.2, 0.25) is 0 Å². The van der Waals surface area contributed by atoms with Crippen molar-refractivity contribution in [2.75, 3.05) is 4.72 Å². The molecule has 0 spiro atoms. The van der Waals surface area contributed by atoms with Crippen LogP contribution in [0.2, 0.25) is 0 Å². The van der Waals surface area contributed by atoms with Gasteiger partial charge in [-0.15, -0.1) is 0 Å². The van der Waals surface area contributed by atoms with Crippen LogP contribution in [0.4, 0.5) is 5.69 Å². The van der Waals surface area contributed by atoms with Crippen molar-refractivity contribution in [3.05, 3.63) is 65.7 Å². The van der Waals surface area contributed by atoms with Crippen LogP contribution in [0.25, 0.3) is 6.08 Å². The van der Waals surface area contributed by atoms with Crippen molar-refractivity contribution in [1.82, 2.24) is 0 Å². The summed E-state index contributed by atoms with van der Waals surface area (Å²) < 4.78 is 27.3. The van der Waals surface area contributed by atoms with Gasteiger partial charge >= 0.3 is 0 Å². The Morgan fingerprint density at radius 3 is 2.25 bits per heavy atom. The Hall–Kier alpha value is -2.07. The van der Waals surface area contributed by atoms with E-state index in [1.165, 1.54) is 0 Å². The zero-order valence-corrected chi connectivity index (χ0v) is 12.4. The Kier molecular flexibility index (Phi) is 3.95. The lowest BCUT2D eigenvalue weighted by molar-refractivity contribution is 0.600. The van der Waals surface area contributed by atoms with E-state index in [0.29, 0.717) is 10.6 Å². The average Bonchev–Trinajstić information content (AvgIpc) is 2.38. The van der Waals surface area contributed by atoms with Gasteiger partial charge in [-0.3, -0.25) is 4.72 Å². The summed E-state index contributed by atoms with van der Waals surface area (Å²) in [6.45, 7) is 7.39. The molecule has 104 valence electrons. The first-order valence-corrected chi connectivity index (χ1v) is 7.73. The van der Waals surface area contributed by atoms with Gasteiger partial charge in [-0.1, -0.05) is 42.5 Å². The number of hydrogen-bond acceptors (Lipinski definition) is 2. The number of hydrogen-bond donors (Lipinski definition) is 1. The molecule has 0 bridgehead atoms. The zero-order valence-electron chi connectivity index (χ0n) is 11.6. The van der Waals surface area contributed by atoms with Gasteiger partial charge in [0.25, 0.3) is 10.0 Å². The smallest absolute Gasteiger partial charge is 0.262 e. The molecule has 0 fully saturated rings. The molecule has 2 aromatic carbocycles. The Morgan fingerprint density at radius 1 is 1.05 bits per heavy atom. The third-order valence-electron chi connectivity index (χ3n) is 3.02. The van der Waals surface area contributed by atoms with Gasteiger partial charge in [-0.25, -0.2) is 8.42 Å². The number of benzene rings is 2. The molecule has 0 heterocycles. The molecule has 1 N–H and O–H groups in total. The van der Waals surface area contributed by atoms with E-state index >= 15 is 0 Å². The van der Waals surface area contributed by atoms with Crippen LogP contribution >= 0.6 is 0 Å². The molecule has 0 saturated carbocycles. The lowest BCUT2D eigenvalue weighted by atomic mass is 10.2. The van der Waals surface area contributed by atoms with Gasteiger partial charge in [-0.2, -0.15) is 0 Å². The molecule has 0 aromatic heterocycles. The summed E-state index contributed by atoms with van der Waals surface area (Å²) in [6.07, 6.45) is 1.71. The summed E-state index contributed by atoms with van der Waals surface area (Å²) in [6, 6.07) is 12.3. The summed E-state index contributed by atoms with van der Waals surface area (Å²) in [4.78, 5) is 0.302. The molecule has 2 aromatic rings.